The van der Waals surface area contributed by atoms with E-state index < -0.39 is 0 Å². The highest BCUT2D eigenvalue weighted by Crippen LogP contribution is 2.36. The van der Waals surface area contributed by atoms with E-state index >= 15 is 0 Å². The van der Waals surface area contributed by atoms with Crippen LogP contribution in [0.5, 0.6) is 0 Å². The van der Waals surface area contributed by atoms with Gasteiger partial charge in [-0.2, -0.15) is 0 Å². The van der Waals surface area contributed by atoms with Crippen LogP contribution in [0.4, 0.5) is 4.79 Å². The summed E-state index contributed by atoms with van der Waals surface area (Å²) in [5, 5.41) is 0.564. The fourth-order valence-electron chi connectivity index (χ4n) is 2.14. The number of benzene rings is 1. The van der Waals surface area contributed by atoms with Crippen molar-refractivity contribution in [1.29, 1.82) is 0 Å². The van der Waals surface area contributed by atoms with Crippen LogP contribution in [0.2, 0.25) is 10.0 Å². The normalized spacial score (nSPS) is 16.7. The second-order valence-electron chi connectivity index (χ2n) is 4.92. The van der Waals surface area contributed by atoms with Gasteiger partial charge in [-0.3, -0.25) is 14.5 Å². The molecule has 2 amide bonds. The van der Waals surface area contributed by atoms with Crippen molar-refractivity contribution in [3.63, 3.8) is 0 Å². The molecule has 2 aromatic rings. The molecule has 0 bridgehead atoms. The van der Waals surface area contributed by atoms with Crippen molar-refractivity contribution in [3.05, 3.63) is 60.6 Å². The fourth-order valence-corrected chi connectivity index (χ4v) is 4.38. The van der Waals surface area contributed by atoms with Crippen LogP contribution in [0.3, 0.4) is 0 Å². The van der Waals surface area contributed by atoms with Crippen LogP contribution in [-0.2, 0) is 11.3 Å². The molecule has 1 aliphatic heterocycles. The van der Waals surface area contributed by atoms with E-state index in [1.807, 2.05) is 19.1 Å². The van der Waals surface area contributed by atoms with E-state index in [9.17, 15) is 9.59 Å². The van der Waals surface area contributed by atoms with Gasteiger partial charge in [0.05, 0.1) is 11.4 Å². The smallest absolute Gasteiger partial charge is 0.268 e. The number of hydrogen-bond acceptors (Lipinski definition) is 4. The van der Waals surface area contributed by atoms with Crippen molar-refractivity contribution in [3.8, 4) is 0 Å². The summed E-state index contributed by atoms with van der Waals surface area (Å²) in [5.41, 5.74) is 0.575. The van der Waals surface area contributed by atoms with Gasteiger partial charge >= 0.3 is 0 Å². The van der Waals surface area contributed by atoms with E-state index in [1.54, 1.807) is 35.6 Å². The molecule has 23 heavy (non-hydrogen) atoms. The van der Waals surface area contributed by atoms with Gasteiger partial charge < -0.3 is 0 Å². The van der Waals surface area contributed by atoms with E-state index in [1.165, 1.54) is 4.90 Å². The molecule has 2 heterocycles. The molecule has 1 aromatic heterocycles. The van der Waals surface area contributed by atoms with Gasteiger partial charge in [-0.05, 0) is 49.0 Å². The number of nitrogens with zero attached hydrogens (tertiary/aromatic N) is 1. The molecule has 0 N–H and O–H groups in total. The van der Waals surface area contributed by atoms with Crippen LogP contribution in [-0.4, -0.2) is 16.0 Å². The molecule has 1 fully saturated rings. The number of thioether (sulfide) groups is 1. The molecule has 0 radical (unpaired) electrons. The molecular formula is C16H11Cl2NO2S2. The summed E-state index contributed by atoms with van der Waals surface area (Å²) in [6, 6.07) is 9.00. The van der Waals surface area contributed by atoms with Crippen LogP contribution < -0.4 is 0 Å². The Morgan fingerprint density at radius 3 is 2.43 bits per heavy atom. The minimum absolute atomic E-state index is 0.0734. The largest absolute Gasteiger partial charge is 0.293 e. The molecule has 118 valence electrons. The van der Waals surface area contributed by atoms with Crippen LogP contribution in [0.25, 0.3) is 6.08 Å². The molecule has 1 aliphatic rings. The lowest BCUT2D eigenvalue weighted by molar-refractivity contribution is -0.123. The molecule has 1 aromatic carbocycles. The number of hydrogen-bond donors (Lipinski definition) is 0. The standard InChI is InChI=1S/C16H11Cl2NO2S2/c1-9-5-6-10(22-9)7-14-15(20)19(16(21)23-14)8-11-12(17)3-2-4-13(11)18/h2-7H,8H2,1H3/b14-7+. The minimum atomic E-state index is -0.318. The van der Waals surface area contributed by atoms with Crippen molar-refractivity contribution in [2.75, 3.05) is 0 Å². The first-order valence-electron chi connectivity index (χ1n) is 6.70. The molecule has 3 nitrogen and oxygen atoms in total. The van der Waals surface area contributed by atoms with Gasteiger partial charge in [0.25, 0.3) is 11.1 Å². The number of halogens is 2. The first-order chi connectivity index (χ1) is 11.0. The number of carbonyl (C=O) groups is 2. The zero-order chi connectivity index (χ0) is 16.6. The average molecular weight is 384 g/mol. The molecular weight excluding hydrogens is 373 g/mol. The summed E-state index contributed by atoms with van der Waals surface area (Å²) in [6.45, 7) is 2.07. The molecule has 7 heteroatoms. The lowest BCUT2D eigenvalue weighted by Crippen LogP contribution is -2.27. The summed E-state index contributed by atoms with van der Waals surface area (Å²) in [5.74, 6) is -0.318. The summed E-state index contributed by atoms with van der Waals surface area (Å²) < 4.78 is 0. The molecule has 0 saturated carbocycles. The summed E-state index contributed by atoms with van der Waals surface area (Å²) in [4.78, 5) is 28.3. The van der Waals surface area contributed by atoms with E-state index in [-0.39, 0.29) is 17.7 Å². The molecule has 0 unspecified atom stereocenters. The first-order valence-corrected chi connectivity index (χ1v) is 9.09. The third-order valence-electron chi connectivity index (χ3n) is 3.29. The second kappa shape index (κ2) is 6.69. The van der Waals surface area contributed by atoms with Crippen molar-refractivity contribution in [2.24, 2.45) is 0 Å². The summed E-state index contributed by atoms with van der Waals surface area (Å²) >= 11 is 14.7. The van der Waals surface area contributed by atoms with Crippen LogP contribution in [0, 0.1) is 6.92 Å². The Morgan fingerprint density at radius 2 is 1.83 bits per heavy atom. The summed E-state index contributed by atoms with van der Waals surface area (Å²) in [6.07, 6.45) is 1.75. The zero-order valence-electron chi connectivity index (χ0n) is 12.0. The van der Waals surface area contributed by atoms with E-state index in [0.29, 0.717) is 20.5 Å². The van der Waals surface area contributed by atoms with Crippen molar-refractivity contribution in [1.82, 2.24) is 4.90 Å². The molecule has 3 rings (SSSR count). The van der Waals surface area contributed by atoms with Crippen molar-refractivity contribution >= 4 is 63.5 Å². The Kier molecular flexibility index (Phi) is 4.82. The van der Waals surface area contributed by atoms with Gasteiger partial charge in [0.1, 0.15) is 0 Å². The number of aryl methyl sites for hydroxylation is 1. The predicted octanol–water partition coefficient (Wildman–Crippen LogP) is 5.60. The maximum absolute atomic E-state index is 12.5. The lowest BCUT2D eigenvalue weighted by atomic mass is 10.2. The Morgan fingerprint density at radius 1 is 1.13 bits per heavy atom. The van der Waals surface area contributed by atoms with Gasteiger partial charge in [0, 0.05) is 25.4 Å². The third kappa shape index (κ3) is 3.48. The molecule has 0 aliphatic carbocycles. The van der Waals surface area contributed by atoms with Gasteiger partial charge in [-0.15, -0.1) is 11.3 Å². The topological polar surface area (TPSA) is 37.4 Å². The predicted molar refractivity (Wildman–Crippen MR) is 97.0 cm³/mol. The second-order valence-corrected chi connectivity index (χ2v) is 8.04. The number of thiophene rings is 1. The highest BCUT2D eigenvalue weighted by molar-refractivity contribution is 8.18. The monoisotopic (exact) mass is 383 g/mol. The maximum atomic E-state index is 12.5. The van der Waals surface area contributed by atoms with Gasteiger partial charge in [-0.25, -0.2) is 0 Å². The Hall–Kier alpha value is -1.27. The van der Waals surface area contributed by atoms with Crippen LogP contribution >= 0.6 is 46.3 Å². The highest BCUT2D eigenvalue weighted by atomic mass is 35.5. The van der Waals surface area contributed by atoms with E-state index in [2.05, 4.69) is 0 Å². The van der Waals surface area contributed by atoms with Gasteiger partial charge in [-0.1, -0.05) is 29.3 Å². The summed E-state index contributed by atoms with van der Waals surface area (Å²) in [7, 11) is 0. The van der Waals surface area contributed by atoms with E-state index in [4.69, 9.17) is 23.2 Å². The van der Waals surface area contributed by atoms with Gasteiger partial charge in [0.15, 0.2) is 0 Å². The highest BCUT2D eigenvalue weighted by Gasteiger charge is 2.35. The molecule has 0 atom stereocenters. The maximum Gasteiger partial charge on any atom is 0.293 e. The Labute approximate surface area is 151 Å². The fraction of sp³-hybridized carbons (Fsp3) is 0.125. The Balaban J connectivity index is 1.86. The van der Waals surface area contributed by atoms with Crippen molar-refractivity contribution in [2.45, 2.75) is 13.5 Å². The number of carbonyl (C=O) groups excluding carboxylic acids is 2. The number of imide groups is 1. The quantitative estimate of drug-likeness (QED) is 0.647. The van der Waals surface area contributed by atoms with Crippen LogP contribution in [0.15, 0.2) is 35.2 Å². The molecule has 0 spiro atoms. The number of amides is 2. The van der Waals surface area contributed by atoms with Gasteiger partial charge in [0.2, 0.25) is 0 Å². The minimum Gasteiger partial charge on any atom is -0.268 e. The zero-order valence-corrected chi connectivity index (χ0v) is 15.2. The van der Waals surface area contributed by atoms with E-state index in [0.717, 1.165) is 21.5 Å². The number of rotatable bonds is 3. The van der Waals surface area contributed by atoms with Crippen LogP contribution in [0.1, 0.15) is 15.3 Å². The average Bonchev–Trinajstić information content (AvgIpc) is 3.01. The lowest BCUT2D eigenvalue weighted by Gasteiger charge is -2.14. The van der Waals surface area contributed by atoms with Crippen molar-refractivity contribution < 1.29 is 9.59 Å². The SMILES string of the molecule is Cc1ccc(/C=C2/SC(=O)N(Cc3c(Cl)cccc3Cl)C2=O)s1. The molecule has 1 saturated heterocycles. The third-order valence-corrected chi connectivity index (χ3v) is 5.85. The Bertz CT molecular complexity index is 809. The first kappa shape index (κ1) is 16.6.